The molecular formula is C22H22Cl2F2N4O3. The lowest BCUT2D eigenvalue weighted by molar-refractivity contribution is -0.154. The molecule has 0 spiro atoms. The highest BCUT2D eigenvalue weighted by Crippen LogP contribution is 2.50. The van der Waals surface area contributed by atoms with Crippen molar-refractivity contribution in [2.24, 2.45) is 16.1 Å². The third kappa shape index (κ3) is 4.66. The molecule has 11 heteroatoms. The van der Waals surface area contributed by atoms with E-state index in [4.69, 9.17) is 23.2 Å². The first-order chi connectivity index (χ1) is 15.5. The fourth-order valence-corrected chi connectivity index (χ4v) is 5.10. The van der Waals surface area contributed by atoms with Crippen LogP contribution in [0.1, 0.15) is 31.7 Å². The third-order valence-electron chi connectivity index (χ3n) is 6.49. The predicted molar refractivity (Wildman–Crippen MR) is 117 cm³/mol. The number of likely N-dealkylation sites (tertiary alicyclic amines) is 1. The first-order valence-electron chi connectivity index (χ1n) is 10.6. The summed E-state index contributed by atoms with van der Waals surface area (Å²) in [4.78, 5) is 39.8. The molecular weight excluding hydrogens is 477 g/mol. The van der Waals surface area contributed by atoms with Crippen molar-refractivity contribution in [3.63, 3.8) is 0 Å². The van der Waals surface area contributed by atoms with Gasteiger partial charge in [-0.25, -0.2) is 8.78 Å². The number of carbonyl (C=O) groups is 3. The second-order valence-corrected chi connectivity index (χ2v) is 9.60. The van der Waals surface area contributed by atoms with Crippen LogP contribution in [0.3, 0.4) is 0 Å². The Labute approximate surface area is 199 Å². The molecule has 1 aromatic carbocycles. The van der Waals surface area contributed by atoms with Gasteiger partial charge in [0.15, 0.2) is 0 Å². The maximum absolute atomic E-state index is 13.7. The van der Waals surface area contributed by atoms with E-state index in [1.54, 1.807) is 31.2 Å². The quantitative estimate of drug-likeness (QED) is 0.622. The first kappa shape index (κ1) is 23.8. The lowest BCUT2D eigenvalue weighted by atomic mass is 9.71. The van der Waals surface area contributed by atoms with Gasteiger partial charge in [-0.2, -0.15) is 10.2 Å². The van der Waals surface area contributed by atoms with Gasteiger partial charge in [0.1, 0.15) is 5.78 Å². The summed E-state index contributed by atoms with van der Waals surface area (Å²) in [5.41, 5.74) is -0.447. The standard InChI is InChI=1S/C22H22Cl2F2N4O3/c1-12-14(17(31)9-13-2-3-15(23)16(24)8-13)5-7-30(12)20(33)19(32)28-21(10-22(25,26)11-21)18-4-6-27-29-18/h2-4,8,12,14H,5-7,9-11H2,1H3,(H,28,32)/t12-,14-/m0/s1. The molecule has 2 amide bonds. The van der Waals surface area contributed by atoms with Crippen molar-refractivity contribution in [3.8, 4) is 0 Å². The highest BCUT2D eigenvalue weighted by molar-refractivity contribution is 6.42. The Bertz CT molecular complexity index is 1070. The molecule has 1 N–H and O–H groups in total. The number of halogens is 4. The lowest BCUT2D eigenvalue weighted by Gasteiger charge is -2.47. The minimum Gasteiger partial charge on any atom is -0.336 e. The molecule has 33 heavy (non-hydrogen) atoms. The van der Waals surface area contributed by atoms with Crippen LogP contribution in [0.25, 0.3) is 0 Å². The molecule has 2 atom stereocenters. The Hall–Kier alpha value is -2.39. The fraction of sp³-hybridized carbons (Fsp3) is 0.500. The van der Waals surface area contributed by atoms with E-state index in [9.17, 15) is 23.2 Å². The zero-order chi connectivity index (χ0) is 24.0. The van der Waals surface area contributed by atoms with E-state index in [1.807, 2.05) is 0 Å². The van der Waals surface area contributed by atoms with Gasteiger partial charge in [-0.05, 0) is 37.1 Å². The molecule has 2 heterocycles. The molecule has 2 fully saturated rings. The Morgan fingerprint density at radius 2 is 1.94 bits per heavy atom. The van der Waals surface area contributed by atoms with Crippen LogP contribution in [-0.4, -0.2) is 53.1 Å². The monoisotopic (exact) mass is 498 g/mol. The van der Waals surface area contributed by atoms with Crippen molar-refractivity contribution >= 4 is 40.8 Å². The zero-order valence-electron chi connectivity index (χ0n) is 17.8. The minimum atomic E-state index is -2.95. The van der Waals surface area contributed by atoms with Gasteiger partial charge in [0, 0.05) is 37.8 Å². The summed E-state index contributed by atoms with van der Waals surface area (Å²) in [6.07, 6.45) is 0.824. The molecule has 4 rings (SSSR count). The van der Waals surface area contributed by atoms with Gasteiger partial charge < -0.3 is 10.2 Å². The van der Waals surface area contributed by atoms with Crippen LogP contribution in [0.15, 0.2) is 40.2 Å². The van der Waals surface area contributed by atoms with Crippen molar-refractivity contribution in [2.45, 2.75) is 50.1 Å². The highest BCUT2D eigenvalue weighted by atomic mass is 35.5. The van der Waals surface area contributed by atoms with Gasteiger partial charge in [0.05, 0.1) is 27.8 Å². The summed E-state index contributed by atoms with van der Waals surface area (Å²) in [6, 6.07) is 4.44. The van der Waals surface area contributed by atoms with Crippen LogP contribution in [0, 0.1) is 5.92 Å². The van der Waals surface area contributed by atoms with Gasteiger partial charge in [0.2, 0.25) is 0 Å². The molecule has 0 bridgehead atoms. The molecule has 1 saturated carbocycles. The molecule has 176 valence electrons. The SMILES string of the molecule is C[C@H]1[C@@H](C(=O)Cc2ccc(Cl)c(Cl)c2)CCN1C(=O)C(=O)NC1(C2=CCN=N2)CC(F)(F)C1. The number of Topliss-reactive ketones (excluding diaryl/α,β-unsaturated/α-hetero) is 1. The van der Waals surface area contributed by atoms with Crippen LogP contribution in [0.2, 0.25) is 10.0 Å². The Balaban J connectivity index is 1.40. The molecule has 1 aliphatic carbocycles. The smallest absolute Gasteiger partial charge is 0.312 e. The highest BCUT2D eigenvalue weighted by Gasteiger charge is 2.60. The zero-order valence-corrected chi connectivity index (χ0v) is 19.3. The van der Waals surface area contributed by atoms with Gasteiger partial charge in [-0.15, -0.1) is 0 Å². The fourth-order valence-electron chi connectivity index (χ4n) is 4.78. The minimum absolute atomic E-state index is 0.0803. The maximum Gasteiger partial charge on any atom is 0.312 e. The third-order valence-corrected chi connectivity index (χ3v) is 7.23. The number of ketones is 1. The van der Waals surface area contributed by atoms with Crippen LogP contribution >= 0.6 is 23.2 Å². The van der Waals surface area contributed by atoms with E-state index in [0.29, 0.717) is 22.0 Å². The molecule has 3 aliphatic rings. The summed E-state index contributed by atoms with van der Waals surface area (Å²) in [5, 5.41) is 10.8. The molecule has 0 aromatic heterocycles. The van der Waals surface area contributed by atoms with Crippen molar-refractivity contribution < 1.29 is 23.2 Å². The predicted octanol–water partition coefficient (Wildman–Crippen LogP) is 3.98. The number of hydrogen-bond acceptors (Lipinski definition) is 5. The average molecular weight is 499 g/mol. The van der Waals surface area contributed by atoms with Crippen molar-refractivity contribution in [3.05, 3.63) is 45.6 Å². The van der Waals surface area contributed by atoms with E-state index in [1.165, 1.54) is 4.90 Å². The second kappa shape index (κ2) is 8.76. The Morgan fingerprint density at radius 3 is 2.55 bits per heavy atom. The van der Waals surface area contributed by atoms with Gasteiger partial charge >= 0.3 is 11.8 Å². The van der Waals surface area contributed by atoms with Crippen LogP contribution in [0.4, 0.5) is 8.78 Å². The normalized spacial score (nSPS) is 24.9. The number of benzene rings is 1. The number of rotatable bonds is 5. The Kier molecular flexibility index (Phi) is 6.30. The second-order valence-electron chi connectivity index (χ2n) is 8.78. The van der Waals surface area contributed by atoms with E-state index in [2.05, 4.69) is 15.5 Å². The molecule has 2 aliphatic heterocycles. The summed E-state index contributed by atoms with van der Waals surface area (Å²) in [5.74, 6) is -5.32. The molecule has 0 unspecified atom stereocenters. The summed E-state index contributed by atoms with van der Waals surface area (Å²) in [7, 11) is 0. The van der Waals surface area contributed by atoms with Crippen LogP contribution < -0.4 is 5.32 Å². The molecule has 1 saturated heterocycles. The molecule has 7 nitrogen and oxygen atoms in total. The lowest BCUT2D eigenvalue weighted by Crippen LogP contribution is -2.65. The van der Waals surface area contributed by atoms with E-state index >= 15 is 0 Å². The molecule has 1 aromatic rings. The van der Waals surface area contributed by atoms with Crippen LogP contribution in [-0.2, 0) is 20.8 Å². The van der Waals surface area contributed by atoms with Gasteiger partial charge in [-0.3, -0.25) is 14.4 Å². The number of amides is 2. The maximum atomic E-state index is 13.7. The number of alkyl halides is 2. The topological polar surface area (TPSA) is 91.2 Å². The average Bonchev–Trinajstić information content (AvgIpc) is 3.39. The number of hydrogen-bond donors (Lipinski definition) is 1. The number of nitrogens with one attached hydrogen (secondary N) is 1. The van der Waals surface area contributed by atoms with Crippen molar-refractivity contribution in [2.75, 3.05) is 13.1 Å². The van der Waals surface area contributed by atoms with Crippen molar-refractivity contribution in [1.29, 1.82) is 0 Å². The molecule has 0 radical (unpaired) electrons. The van der Waals surface area contributed by atoms with Gasteiger partial charge in [0.25, 0.3) is 5.92 Å². The van der Waals surface area contributed by atoms with E-state index < -0.39 is 48.1 Å². The Morgan fingerprint density at radius 1 is 1.21 bits per heavy atom. The number of azo groups is 1. The largest absolute Gasteiger partial charge is 0.336 e. The summed E-state index contributed by atoms with van der Waals surface area (Å²) in [6.45, 7) is 2.17. The van der Waals surface area contributed by atoms with Crippen molar-refractivity contribution in [1.82, 2.24) is 10.2 Å². The van der Waals surface area contributed by atoms with E-state index in [-0.39, 0.29) is 31.0 Å². The number of carbonyl (C=O) groups excluding carboxylic acids is 3. The van der Waals surface area contributed by atoms with E-state index in [0.717, 1.165) is 0 Å². The number of nitrogens with zero attached hydrogens (tertiary/aromatic N) is 3. The summed E-state index contributed by atoms with van der Waals surface area (Å²) < 4.78 is 27.3. The first-order valence-corrected chi connectivity index (χ1v) is 11.3. The van der Waals surface area contributed by atoms with Crippen LogP contribution in [0.5, 0.6) is 0 Å². The summed E-state index contributed by atoms with van der Waals surface area (Å²) >= 11 is 11.9. The van der Waals surface area contributed by atoms with Gasteiger partial charge in [-0.1, -0.05) is 29.3 Å².